The van der Waals surface area contributed by atoms with Gasteiger partial charge in [0.25, 0.3) is 0 Å². The molecule has 1 saturated heterocycles. The summed E-state index contributed by atoms with van der Waals surface area (Å²) in [7, 11) is 0. The first kappa shape index (κ1) is 16.4. The van der Waals surface area contributed by atoms with Gasteiger partial charge in [0.15, 0.2) is 0 Å². The number of aliphatic carboxylic acids is 1. The summed E-state index contributed by atoms with van der Waals surface area (Å²) >= 11 is 0. The summed E-state index contributed by atoms with van der Waals surface area (Å²) < 4.78 is 0. The molecule has 0 radical (unpaired) electrons. The Morgan fingerprint density at radius 3 is 2.32 bits per heavy atom. The van der Waals surface area contributed by atoms with E-state index < -0.39 is 11.5 Å². The van der Waals surface area contributed by atoms with Crippen LogP contribution in [-0.2, 0) is 4.79 Å². The Kier molecular flexibility index (Phi) is 7.39. The first-order chi connectivity index (χ1) is 9.08. The molecule has 19 heavy (non-hydrogen) atoms. The third-order valence-corrected chi connectivity index (χ3v) is 4.11. The Morgan fingerprint density at radius 2 is 1.79 bits per heavy atom. The number of carboxylic acid groups (broad SMARTS) is 1. The Bertz CT molecular complexity index is 263. The molecule has 0 aromatic rings. The number of rotatable bonds is 7. The molecule has 1 unspecified atom stereocenters. The van der Waals surface area contributed by atoms with E-state index in [0.29, 0.717) is 6.42 Å². The summed E-state index contributed by atoms with van der Waals surface area (Å²) in [5, 5.41) is 12.6. The van der Waals surface area contributed by atoms with Crippen molar-refractivity contribution in [1.82, 2.24) is 10.2 Å². The zero-order valence-corrected chi connectivity index (χ0v) is 12.6. The highest BCUT2D eigenvalue weighted by atomic mass is 16.4. The van der Waals surface area contributed by atoms with Gasteiger partial charge in [0.1, 0.15) is 5.54 Å². The van der Waals surface area contributed by atoms with Gasteiger partial charge in [-0.3, -0.25) is 4.79 Å². The number of nitrogens with one attached hydrogen (secondary N) is 1. The molecular weight excluding hydrogens is 240 g/mol. The third-order valence-electron chi connectivity index (χ3n) is 4.11. The molecular formula is C15H30N2O2. The van der Waals surface area contributed by atoms with Crippen LogP contribution in [0.4, 0.5) is 0 Å². The van der Waals surface area contributed by atoms with E-state index in [1.807, 2.05) is 6.92 Å². The molecule has 0 aliphatic carbocycles. The lowest BCUT2D eigenvalue weighted by atomic mass is 9.97. The van der Waals surface area contributed by atoms with E-state index >= 15 is 0 Å². The van der Waals surface area contributed by atoms with Crippen molar-refractivity contribution in [3.63, 3.8) is 0 Å². The van der Waals surface area contributed by atoms with Crippen LogP contribution < -0.4 is 5.32 Å². The molecule has 0 aromatic carbocycles. The maximum atomic E-state index is 11.4. The predicted octanol–water partition coefficient (Wildman–Crippen LogP) is 2.49. The quantitative estimate of drug-likeness (QED) is 0.746. The first-order valence-electron chi connectivity index (χ1n) is 7.79. The van der Waals surface area contributed by atoms with Crippen molar-refractivity contribution in [2.24, 2.45) is 0 Å². The van der Waals surface area contributed by atoms with Crippen LogP contribution in [0.3, 0.4) is 0 Å². The average molecular weight is 270 g/mol. The van der Waals surface area contributed by atoms with Gasteiger partial charge in [0, 0.05) is 6.54 Å². The summed E-state index contributed by atoms with van der Waals surface area (Å²) in [6, 6.07) is 0. The largest absolute Gasteiger partial charge is 0.480 e. The van der Waals surface area contributed by atoms with Crippen molar-refractivity contribution in [3.05, 3.63) is 0 Å². The molecule has 2 N–H and O–H groups in total. The van der Waals surface area contributed by atoms with Gasteiger partial charge in [0.05, 0.1) is 0 Å². The maximum Gasteiger partial charge on any atom is 0.323 e. The lowest BCUT2D eigenvalue weighted by Gasteiger charge is -2.31. The molecule has 4 nitrogen and oxygen atoms in total. The van der Waals surface area contributed by atoms with Crippen LogP contribution in [0.25, 0.3) is 0 Å². The van der Waals surface area contributed by atoms with Crippen LogP contribution in [0.1, 0.15) is 58.8 Å². The van der Waals surface area contributed by atoms with Gasteiger partial charge in [-0.15, -0.1) is 0 Å². The summed E-state index contributed by atoms with van der Waals surface area (Å²) in [6.45, 7) is 7.79. The van der Waals surface area contributed by atoms with Gasteiger partial charge in [0.2, 0.25) is 0 Å². The Balaban J connectivity index is 2.42. The normalized spacial score (nSPS) is 21.4. The minimum atomic E-state index is -0.779. The van der Waals surface area contributed by atoms with Gasteiger partial charge < -0.3 is 15.3 Å². The Labute approximate surface area is 117 Å². The lowest BCUT2D eigenvalue weighted by Crippen LogP contribution is -2.51. The van der Waals surface area contributed by atoms with Crippen molar-refractivity contribution in [1.29, 1.82) is 0 Å². The highest BCUT2D eigenvalue weighted by Crippen LogP contribution is 2.15. The number of carbonyl (C=O) groups is 1. The third kappa shape index (κ3) is 5.91. The molecule has 1 fully saturated rings. The number of nitrogens with zero attached hydrogens (tertiary/aromatic N) is 1. The van der Waals surface area contributed by atoms with E-state index in [4.69, 9.17) is 0 Å². The SMILES string of the molecule is CCCNC(C)(CCN1CCCCCCC1)C(=O)O. The van der Waals surface area contributed by atoms with Crippen molar-refractivity contribution < 1.29 is 9.90 Å². The van der Waals surface area contributed by atoms with Gasteiger partial charge >= 0.3 is 5.97 Å². The van der Waals surface area contributed by atoms with Crippen LogP contribution in [0.15, 0.2) is 0 Å². The first-order valence-corrected chi connectivity index (χ1v) is 7.79. The standard InChI is InChI=1S/C15H30N2O2/c1-3-10-16-15(2,14(18)19)9-13-17-11-7-5-4-6-8-12-17/h16H,3-13H2,1-2H3,(H,18,19). The van der Waals surface area contributed by atoms with E-state index in [1.54, 1.807) is 0 Å². The molecule has 1 atom stereocenters. The second-order valence-corrected chi connectivity index (χ2v) is 5.92. The van der Waals surface area contributed by atoms with Gasteiger partial charge in [-0.25, -0.2) is 0 Å². The summed E-state index contributed by atoms with van der Waals surface area (Å²) in [5.41, 5.74) is -0.779. The van der Waals surface area contributed by atoms with Gasteiger partial charge in [-0.2, -0.15) is 0 Å². The van der Waals surface area contributed by atoms with Crippen LogP contribution >= 0.6 is 0 Å². The monoisotopic (exact) mass is 270 g/mol. The van der Waals surface area contributed by atoms with Crippen molar-refractivity contribution in [2.45, 2.75) is 64.3 Å². The molecule has 0 bridgehead atoms. The number of hydrogen-bond donors (Lipinski definition) is 2. The maximum absolute atomic E-state index is 11.4. The topological polar surface area (TPSA) is 52.6 Å². The zero-order chi connectivity index (χ0) is 14.1. The van der Waals surface area contributed by atoms with Crippen molar-refractivity contribution >= 4 is 5.97 Å². The summed E-state index contributed by atoms with van der Waals surface area (Å²) in [6.07, 6.45) is 8.16. The fourth-order valence-electron chi connectivity index (χ4n) is 2.59. The molecule has 1 heterocycles. The smallest absolute Gasteiger partial charge is 0.323 e. The summed E-state index contributed by atoms with van der Waals surface area (Å²) in [4.78, 5) is 13.9. The predicted molar refractivity (Wildman–Crippen MR) is 78.5 cm³/mol. The number of carboxylic acids is 1. The average Bonchev–Trinajstić information content (AvgIpc) is 2.34. The van der Waals surface area contributed by atoms with Crippen LogP contribution in [0, 0.1) is 0 Å². The zero-order valence-electron chi connectivity index (χ0n) is 12.6. The molecule has 0 saturated carbocycles. The van der Waals surface area contributed by atoms with E-state index in [-0.39, 0.29) is 0 Å². The van der Waals surface area contributed by atoms with Crippen LogP contribution in [0.5, 0.6) is 0 Å². The fourth-order valence-corrected chi connectivity index (χ4v) is 2.59. The van der Waals surface area contributed by atoms with E-state index in [2.05, 4.69) is 17.1 Å². The second kappa shape index (κ2) is 8.54. The van der Waals surface area contributed by atoms with Crippen LogP contribution in [-0.4, -0.2) is 47.7 Å². The summed E-state index contributed by atoms with van der Waals surface area (Å²) in [5.74, 6) is -0.729. The van der Waals surface area contributed by atoms with E-state index in [9.17, 15) is 9.90 Å². The Hall–Kier alpha value is -0.610. The minimum Gasteiger partial charge on any atom is -0.480 e. The highest BCUT2D eigenvalue weighted by Gasteiger charge is 2.32. The highest BCUT2D eigenvalue weighted by molar-refractivity contribution is 5.78. The Morgan fingerprint density at radius 1 is 1.21 bits per heavy atom. The molecule has 0 amide bonds. The van der Waals surface area contributed by atoms with Crippen molar-refractivity contribution in [3.8, 4) is 0 Å². The number of likely N-dealkylation sites (tertiary alicyclic amines) is 1. The van der Waals surface area contributed by atoms with Gasteiger partial charge in [-0.1, -0.05) is 26.2 Å². The molecule has 1 aliphatic heterocycles. The van der Waals surface area contributed by atoms with Gasteiger partial charge in [-0.05, 0) is 52.2 Å². The second-order valence-electron chi connectivity index (χ2n) is 5.92. The lowest BCUT2D eigenvalue weighted by molar-refractivity contribution is -0.144. The van der Waals surface area contributed by atoms with Crippen LogP contribution in [0.2, 0.25) is 0 Å². The molecule has 4 heteroatoms. The molecule has 0 spiro atoms. The van der Waals surface area contributed by atoms with E-state index in [1.165, 1.54) is 32.1 Å². The fraction of sp³-hybridized carbons (Fsp3) is 0.933. The molecule has 1 aliphatic rings. The van der Waals surface area contributed by atoms with Crippen molar-refractivity contribution in [2.75, 3.05) is 26.2 Å². The molecule has 1 rings (SSSR count). The molecule has 0 aromatic heterocycles. The molecule has 112 valence electrons. The number of hydrogen-bond acceptors (Lipinski definition) is 3. The van der Waals surface area contributed by atoms with E-state index in [0.717, 1.165) is 32.6 Å². The minimum absolute atomic E-state index is 0.683.